The number of aromatic nitrogens is 1. The van der Waals surface area contributed by atoms with E-state index in [0.717, 1.165) is 22.9 Å². The van der Waals surface area contributed by atoms with Crippen LogP contribution in [-0.2, 0) is 6.42 Å². The molecule has 0 bridgehead atoms. The van der Waals surface area contributed by atoms with Crippen molar-refractivity contribution < 1.29 is 9.53 Å². The van der Waals surface area contributed by atoms with E-state index < -0.39 is 0 Å². The summed E-state index contributed by atoms with van der Waals surface area (Å²) in [5, 5.41) is 1.03. The first-order valence-corrected chi connectivity index (χ1v) is 6.22. The predicted octanol–water partition coefficient (Wildman–Crippen LogP) is 2.10. The smallest absolute Gasteiger partial charge is 0.181 e. The van der Waals surface area contributed by atoms with Crippen LogP contribution >= 0.6 is 11.6 Å². The molecule has 0 aliphatic heterocycles. The molecule has 0 spiro atoms. The Bertz CT molecular complexity index is 578. The summed E-state index contributed by atoms with van der Waals surface area (Å²) in [7, 11) is 1.54. The van der Waals surface area contributed by atoms with Crippen LogP contribution in [0.5, 0.6) is 5.75 Å². The Morgan fingerprint density at radius 1 is 1.50 bits per heavy atom. The fourth-order valence-electron chi connectivity index (χ4n) is 2.03. The van der Waals surface area contributed by atoms with E-state index >= 15 is 0 Å². The monoisotopic (exact) mass is 266 g/mol. The zero-order chi connectivity index (χ0) is 13.1. The molecule has 2 rings (SSSR count). The zero-order valence-corrected chi connectivity index (χ0v) is 10.9. The fraction of sp³-hybridized carbons (Fsp3) is 0.308. The van der Waals surface area contributed by atoms with E-state index in [1.54, 1.807) is 13.2 Å². The van der Waals surface area contributed by atoms with E-state index in [0.29, 0.717) is 17.9 Å². The average molecular weight is 267 g/mol. The standard InChI is InChI=1S/C13H15ClN2O2/c1-18-13-5-9-8(2-3-15)7-16-11(9)4-10(13)12(17)6-14/h4-5,7,16H,2-3,6,15H2,1H3. The predicted molar refractivity (Wildman–Crippen MR) is 72.7 cm³/mol. The molecule has 0 saturated heterocycles. The van der Waals surface area contributed by atoms with Gasteiger partial charge in [-0.05, 0) is 30.7 Å². The third-order valence-electron chi connectivity index (χ3n) is 2.92. The first-order valence-electron chi connectivity index (χ1n) is 5.68. The minimum Gasteiger partial charge on any atom is -0.496 e. The number of nitrogens with one attached hydrogen (secondary N) is 1. The number of benzene rings is 1. The van der Waals surface area contributed by atoms with Gasteiger partial charge in [-0.25, -0.2) is 0 Å². The molecule has 0 aliphatic rings. The molecule has 0 aliphatic carbocycles. The van der Waals surface area contributed by atoms with Gasteiger partial charge in [-0.2, -0.15) is 0 Å². The van der Waals surface area contributed by atoms with Crippen LogP contribution in [0.1, 0.15) is 15.9 Å². The van der Waals surface area contributed by atoms with Gasteiger partial charge in [-0.1, -0.05) is 0 Å². The number of carbonyl (C=O) groups is 1. The Kier molecular flexibility index (Phi) is 3.89. The number of ketones is 1. The average Bonchev–Trinajstić information content (AvgIpc) is 2.79. The molecule has 1 aromatic heterocycles. The van der Waals surface area contributed by atoms with Crippen LogP contribution in [0.3, 0.4) is 0 Å². The summed E-state index contributed by atoms with van der Waals surface area (Å²) in [5.41, 5.74) is 8.08. The minimum absolute atomic E-state index is 0.0573. The number of Topliss-reactive ketones (excluding diaryl/α,β-unsaturated/α-hetero) is 1. The summed E-state index contributed by atoms with van der Waals surface area (Å²) in [5.74, 6) is 0.342. The van der Waals surface area contributed by atoms with Gasteiger partial charge in [0, 0.05) is 17.1 Å². The van der Waals surface area contributed by atoms with Crippen molar-refractivity contribution in [2.24, 2.45) is 5.73 Å². The number of H-pyrrole nitrogens is 1. The highest BCUT2D eigenvalue weighted by atomic mass is 35.5. The van der Waals surface area contributed by atoms with Gasteiger partial charge < -0.3 is 15.5 Å². The summed E-state index contributed by atoms with van der Waals surface area (Å²) in [6, 6.07) is 3.63. The highest BCUT2D eigenvalue weighted by Crippen LogP contribution is 2.28. The molecule has 0 fully saturated rings. The Morgan fingerprint density at radius 3 is 2.89 bits per heavy atom. The van der Waals surface area contributed by atoms with Crippen molar-refractivity contribution in [1.82, 2.24) is 4.98 Å². The summed E-state index contributed by atoms with van der Waals surface area (Å²) in [4.78, 5) is 14.9. The Hall–Kier alpha value is -1.52. The van der Waals surface area contributed by atoms with Crippen molar-refractivity contribution in [3.8, 4) is 5.75 Å². The van der Waals surface area contributed by atoms with Gasteiger partial charge in [0.25, 0.3) is 0 Å². The molecule has 3 N–H and O–H groups in total. The second-order valence-electron chi connectivity index (χ2n) is 4.01. The van der Waals surface area contributed by atoms with Crippen molar-refractivity contribution in [3.05, 3.63) is 29.5 Å². The van der Waals surface area contributed by atoms with Crippen molar-refractivity contribution in [2.45, 2.75) is 6.42 Å². The molecule has 5 heteroatoms. The number of methoxy groups -OCH3 is 1. The van der Waals surface area contributed by atoms with Gasteiger partial charge in [0.1, 0.15) is 5.75 Å². The number of ether oxygens (including phenoxy) is 1. The normalized spacial score (nSPS) is 10.8. The van der Waals surface area contributed by atoms with Gasteiger partial charge in [0.05, 0.1) is 18.6 Å². The molecule has 2 aromatic rings. The molecule has 4 nitrogen and oxygen atoms in total. The number of aromatic amines is 1. The van der Waals surface area contributed by atoms with Crippen LogP contribution in [0.2, 0.25) is 0 Å². The Morgan fingerprint density at radius 2 is 2.28 bits per heavy atom. The Labute approximate surface area is 110 Å². The molecule has 1 heterocycles. The lowest BCUT2D eigenvalue weighted by molar-refractivity contribution is 0.101. The highest BCUT2D eigenvalue weighted by Gasteiger charge is 2.14. The van der Waals surface area contributed by atoms with E-state index in [1.807, 2.05) is 12.3 Å². The first-order chi connectivity index (χ1) is 8.71. The number of halogens is 1. The number of rotatable bonds is 5. The SMILES string of the molecule is COc1cc2c(CCN)c[nH]c2cc1C(=O)CCl. The van der Waals surface area contributed by atoms with Gasteiger partial charge >= 0.3 is 0 Å². The Balaban J connectivity index is 2.59. The molecule has 0 unspecified atom stereocenters. The van der Waals surface area contributed by atoms with Crippen LogP contribution in [0.4, 0.5) is 0 Å². The quantitative estimate of drug-likeness (QED) is 0.643. The van der Waals surface area contributed by atoms with Crippen molar-refractivity contribution in [2.75, 3.05) is 19.5 Å². The van der Waals surface area contributed by atoms with Gasteiger partial charge in [-0.15, -0.1) is 11.6 Å². The molecule has 96 valence electrons. The summed E-state index contributed by atoms with van der Waals surface area (Å²) in [6.45, 7) is 0.581. The molecule has 0 saturated carbocycles. The van der Waals surface area contributed by atoms with E-state index in [1.165, 1.54) is 0 Å². The van der Waals surface area contributed by atoms with Crippen LogP contribution in [0.15, 0.2) is 18.3 Å². The maximum absolute atomic E-state index is 11.7. The summed E-state index contributed by atoms with van der Waals surface area (Å²) >= 11 is 5.59. The second kappa shape index (κ2) is 5.42. The largest absolute Gasteiger partial charge is 0.496 e. The second-order valence-corrected chi connectivity index (χ2v) is 4.27. The molecule has 0 radical (unpaired) electrons. The lowest BCUT2D eigenvalue weighted by Gasteiger charge is -2.07. The van der Waals surface area contributed by atoms with Gasteiger partial charge in [0.2, 0.25) is 0 Å². The van der Waals surface area contributed by atoms with E-state index in [9.17, 15) is 4.79 Å². The van der Waals surface area contributed by atoms with Gasteiger partial charge in [0.15, 0.2) is 5.78 Å². The number of hydrogen-bond donors (Lipinski definition) is 2. The molecule has 0 amide bonds. The number of alkyl halides is 1. The topological polar surface area (TPSA) is 68.1 Å². The van der Waals surface area contributed by atoms with Crippen LogP contribution in [0, 0.1) is 0 Å². The number of fused-ring (bicyclic) bond motifs is 1. The highest BCUT2D eigenvalue weighted by molar-refractivity contribution is 6.31. The zero-order valence-electron chi connectivity index (χ0n) is 10.1. The molecular weight excluding hydrogens is 252 g/mol. The van der Waals surface area contributed by atoms with Crippen LogP contribution < -0.4 is 10.5 Å². The number of carbonyl (C=O) groups excluding carboxylic acids is 1. The summed E-state index contributed by atoms with van der Waals surface area (Å²) in [6.07, 6.45) is 2.69. The lowest BCUT2D eigenvalue weighted by atomic mass is 10.0. The van der Waals surface area contributed by atoms with E-state index in [-0.39, 0.29) is 11.7 Å². The molecule has 0 atom stereocenters. The van der Waals surface area contributed by atoms with Crippen molar-refractivity contribution in [1.29, 1.82) is 0 Å². The number of nitrogens with two attached hydrogens (primary N) is 1. The molecule has 1 aromatic carbocycles. The molecule has 18 heavy (non-hydrogen) atoms. The van der Waals surface area contributed by atoms with Gasteiger partial charge in [-0.3, -0.25) is 4.79 Å². The van der Waals surface area contributed by atoms with E-state index in [4.69, 9.17) is 22.1 Å². The maximum atomic E-state index is 11.7. The van der Waals surface area contributed by atoms with Crippen LogP contribution in [-0.4, -0.2) is 30.3 Å². The third-order valence-corrected chi connectivity index (χ3v) is 3.17. The minimum atomic E-state index is -0.148. The third kappa shape index (κ3) is 2.21. The maximum Gasteiger partial charge on any atom is 0.181 e. The fourth-order valence-corrected chi connectivity index (χ4v) is 2.17. The van der Waals surface area contributed by atoms with Crippen molar-refractivity contribution >= 4 is 28.3 Å². The lowest BCUT2D eigenvalue weighted by Crippen LogP contribution is -2.04. The van der Waals surface area contributed by atoms with E-state index in [2.05, 4.69) is 4.98 Å². The first kappa shape index (κ1) is 12.9. The molecular formula is C13H15ClN2O2. The number of hydrogen-bond acceptors (Lipinski definition) is 3. The van der Waals surface area contributed by atoms with Crippen LogP contribution in [0.25, 0.3) is 10.9 Å². The summed E-state index contributed by atoms with van der Waals surface area (Å²) < 4.78 is 5.25. The van der Waals surface area contributed by atoms with Crippen molar-refractivity contribution in [3.63, 3.8) is 0 Å².